The second-order valence-electron chi connectivity index (χ2n) is 5.32. The van der Waals surface area contributed by atoms with Crippen molar-refractivity contribution in [2.24, 2.45) is 0 Å². The minimum Gasteiger partial charge on any atom is -0.253 e. The van der Waals surface area contributed by atoms with Crippen LogP contribution in [0.4, 0.5) is 0 Å². The Bertz CT molecular complexity index is 728. The molecule has 0 aliphatic heterocycles. The minimum absolute atomic E-state index is 0.944. The van der Waals surface area contributed by atoms with Gasteiger partial charge in [0.2, 0.25) is 0 Å². The second-order valence-corrected chi connectivity index (χ2v) is 5.32. The van der Waals surface area contributed by atoms with E-state index in [2.05, 4.69) is 74.5 Å². The van der Waals surface area contributed by atoms with Crippen molar-refractivity contribution in [3.05, 3.63) is 78.0 Å². The van der Waals surface area contributed by atoms with E-state index >= 15 is 0 Å². The Balaban J connectivity index is 2.11. The summed E-state index contributed by atoms with van der Waals surface area (Å²) in [5.41, 5.74) is 7.11. The Hall–Kier alpha value is -2.41. The van der Waals surface area contributed by atoms with Crippen LogP contribution in [-0.2, 0) is 6.42 Å². The number of pyridine rings is 1. The van der Waals surface area contributed by atoms with E-state index in [0.29, 0.717) is 0 Å². The van der Waals surface area contributed by atoms with Gasteiger partial charge in [0, 0.05) is 11.3 Å². The first-order valence-electron chi connectivity index (χ1n) is 7.39. The van der Waals surface area contributed by atoms with Crippen molar-refractivity contribution in [3.63, 3.8) is 0 Å². The van der Waals surface area contributed by atoms with Crippen LogP contribution in [0.1, 0.15) is 18.2 Å². The van der Waals surface area contributed by atoms with Gasteiger partial charge in [-0.05, 0) is 36.6 Å². The van der Waals surface area contributed by atoms with Gasteiger partial charge in [-0.15, -0.1) is 0 Å². The summed E-state index contributed by atoms with van der Waals surface area (Å²) in [4.78, 5) is 4.77. The van der Waals surface area contributed by atoms with Gasteiger partial charge in [0.15, 0.2) is 0 Å². The van der Waals surface area contributed by atoms with Gasteiger partial charge in [-0.3, -0.25) is 4.98 Å². The molecule has 0 amide bonds. The molecule has 0 atom stereocenters. The molecule has 1 heteroatoms. The van der Waals surface area contributed by atoms with Gasteiger partial charge in [0.25, 0.3) is 0 Å². The van der Waals surface area contributed by atoms with Crippen molar-refractivity contribution >= 4 is 0 Å². The lowest BCUT2D eigenvalue weighted by atomic mass is 10.0. The Labute approximate surface area is 126 Å². The van der Waals surface area contributed by atoms with Crippen LogP contribution >= 0.6 is 0 Å². The smallest absolute Gasteiger partial charge is 0.0711 e. The van der Waals surface area contributed by atoms with Gasteiger partial charge < -0.3 is 0 Å². The molecule has 1 aromatic heterocycles. The van der Waals surface area contributed by atoms with Crippen molar-refractivity contribution in [1.29, 1.82) is 0 Å². The van der Waals surface area contributed by atoms with Crippen LogP contribution < -0.4 is 0 Å². The molecule has 3 aromatic rings. The zero-order valence-electron chi connectivity index (χ0n) is 12.5. The fraction of sp³-hybridized carbons (Fsp3) is 0.150. The Morgan fingerprint density at radius 3 is 2.14 bits per heavy atom. The molecule has 0 saturated heterocycles. The highest BCUT2D eigenvalue weighted by Gasteiger charge is 2.06. The predicted octanol–water partition coefficient (Wildman–Crippen LogP) is 5.29. The quantitative estimate of drug-likeness (QED) is 0.632. The number of aromatic nitrogens is 1. The van der Waals surface area contributed by atoms with Crippen LogP contribution in [0.3, 0.4) is 0 Å². The highest BCUT2D eigenvalue weighted by Crippen LogP contribution is 2.26. The van der Waals surface area contributed by atoms with Crippen molar-refractivity contribution in [3.8, 4) is 22.4 Å². The second kappa shape index (κ2) is 5.92. The Kier molecular flexibility index (Phi) is 3.83. The molecule has 3 rings (SSSR count). The number of nitrogens with zero attached hydrogens (tertiary/aromatic N) is 1. The maximum Gasteiger partial charge on any atom is 0.0711 e. The first-order valence-corrected chi connectivity index (χ1v) is 7.39. The summed E-state index contributed by atoms with van der Waals surface area (Å²) in [7, 11) is 0. The van der Waals surface area contributed by atoms with Crippen molar-refractivity contribution < 1.29 is 0 Å². The number of hydrogen-bond donors (Lipinski definition) is 0. The van der Waals surface area contributed by atoms with Gasteiger partial charge >= 0.3 is 0 Å². The molecule has 0 spiro atoms. The van der Waals surface area contributed by atoms with Crippen LogP contribution in [0.25, 0.3) is 22.4 Å². The zero-order valence-corrected chi connectivity index (χ0v) is 12.5. The molecular weight excluding hydrogens is 254 g/mol. The van der Waals surface area contributed by atoms with Crippen molar-refractivity contribution in [2.45, 2.75) is 20.3 Å². The number of benzene rings is 2. The molecule has 1 heterocycles. The van der Waals surface area contributed by atoms with Gasteiger partial charge in [0.1, 0.15) is 0 Å². The third-order valence-corrected chi connectivity index (χ3v) is 3.70. The normalized spacial score (nSPS) is 10.6. The molecule has 0 saturated carbocycles. The van der Waals surface area contributed by atoms with Crippen molar-refractivity contribution in [1.82, 2.24) is 4.98 Å². The number of hydrogen-bond acceptors (Lipinski definition) is 1. The summed E-state index contributed by atoms with van der Waals surface area (Å²) in [6.07, 6.45) is 0.944. The minimum atomic E-state index is 0.944. The maximum atomic E-state index is 4.77. The molecule has 0 bridgehead atoms. The predicted molar refractivity (Wildman–Crippen MR) is 89.2 cm³/mol. The molecule has 0 aliphatic rings. The molecule has 0 N–H and O–H groups in total. The first-order chi connectivity index (χ1) is 10.3. The third-order valence-electron chi connectivity index (χ3n) is 3.70. The van der Waals surface area contributed by atoms with E-state index < -0.39 is 0 Å². The fourth-order valence-electron chi connectivity index (χ4n) is 2.44. The first kappa shape index (κ1) is 13.6. The van der Waals surface area contributed by atoms with E-state index in [4.69, 9.17) is 4.98 Å². The van der Waals surface area contributed by atoms with E-state index in [9.17, 15) is 0 Å². The number of aryl methyl sites for hydroxylation is 2. The van der Waals surface area contributed by atoms with E-state index in [1.165, 1.54) is 22.3 Å². The summed E-state index contributed by atoms with van der Waals surface area (Å²) >= 11 is 0. The molecule has 0 aliphatic carbocycles. The summed E-state index contributed by atoms with van der Waals surface area (Å²) in [6, 6.07) is 23.4. The molecule has 104 valence electrons. The fourth-order valence-corrected chi connectivity index (χ4v) is 2.44. The molecule has 0 radical (unpaired) electrons. The highest BCUT2D eigenvalue weighted by molar-refractivity contribution is 5.71. The Morgan fingerprint density at radius 1 is 0.762 bits per heavy atom. The van der Waals surface area contributed by atoms with Crippen LogP contribution in [0, 0.1) is 6.92 Å². The lowest BCUT2D eigenvalue weighted by molar-refractivity contribution is 1.04. The lowest BCUT2D eigenvalue weighted by Crippen LogP contribution is -1.93. The average Bonchev–Trinajstić information content (AvgIpc) is 2.56. The summed E-state index contributed by atoms with van der Waals surface area (Å²) < 4.78 is 0. The maximum absolute atomic E-state index is 4.77. The van der Waals surface area contributed by atoms with Gasteiger partial charge in [-0.2, -0.15) is 0 Å². The largest absolute Gasteiger partial charge is 0.253 e. The van der Waals surface area contributed by atoms with E-state index in [1.807, 2.05) is 6.07 Å². The molecule has 0 fully saturated rings. The Morgan fingerprint density at radius 2 is 1.48 bits per heavy atom. The lowest BCUT2D eigenvalue weighted by Gasteiger charge is -2.09. The monoisotopic (exact) mass is 273 g/mol. The van der Waals surface area contributed by atoms with Gasteiger partial charge in [-0.1, -0.05) is 67.1 Å². The van der Waals surface area contributed by atoms with Crippen LogP contribution in [0.15, 0.2) is 66.7 Å². The van der Waals surface area contributed by atoms with E-state index in [-0.39, 0.29) is 0 Å². The van der Waals surface area contributed by atoms with Crippen LogP contribution in [0.2, 0.25) is 0 Å². The molecule has 1 nitrogen and oxygen atoms in total. The molecular formula is C20H19N. The van der Waals surface area contributed by atoms with Crippen LogP contribution in [-0.4, -0.2) is 4.98 Å². The highest BCUT2D eigenvalue weighted by atomic mass is 14.7. The molecule has 0 unspecified atom stereocenters. The van der Waals surface area contributed by atoms with Crippen LogP contribution in [0.5, 0.6) is 0 Å². The van der Waals surface area contributed by atoms with E-state index in [0.717, 1.165) is 17.8 Å². The summed E-state index contributed by atoms with van der Waals surface area (Å²) in [6.45, 7) is 4.26. The summed E-state index contributed by atoms with van der Waals surface area (Å²) in [5, 5.41) is 0. The SMILES string of the molecule is CCc1cc(-c2ccc(C)cc2)cc(-c2ccccc2)n1. The van der Waals surface area contributed by atoms with Crippen molar-refractivity contribution in [2.75, 3.05) is 0 Å². The van der Waals surface area contributed by atoms with E-state index in [1.54, 1.807) is 0 Å². The zero-order chi connectivity index (χ0) is 14.7. The summed E-state index contributed by atoms with van der Waals surface area (Å²) in [5.74, 6) is 0. The third kappa shape index (κ3) is 3.03. The van der Waals surface area contributed by atoms with Gasteiger partial charge in [-0.25, -0.2) is 0 Å². The standard InChI is InChI=1S/C20H19N/c1-3-19-13-18(16-11-9-15(2)10-12-16)14-20(21-19)17-7-5-4-6-8-17/h4-14H,3H2,1-2H3. The topological polar surface area (TPSA) is 12.9 Å². The van der Waals surface area contributed by atoms with Gasteiger partial charge in [0.05, 0.1) is 5.69 Å². The molecule has 2 aromatic carbocycles. The molecule has 21 heavy (non-hydrogen) atoms. The number of rotatable bonds is 3. The average molecular weight is 273 g/mol.